The van der Waals surface area contributed by atoms with E-state index in [-0.39, 0.29) is 0 Å². The number of hydrogen-bond acceptors (Lipinski definition) is 1. The highest BCUT2D eigenvalue weighted by Gasteiger charge is 2.33. The van der Waals surface area contributed by atoms with E-state index in [4.69, 9.17) is 4.42 Å². The average Bonchev–Trinajstić information content (AvgIpc) is 3.11. The largest absolute Gasteiger partial charge is 0.456 e. The number of hydrogen-bond donors (Lipinski definition) is 0. The number of rotatable bonds is 0. The normalized spacial score (nSPS) is 22.7. The predicted octanol–water partition coefficient (Wildman–Crippen LogP) is 4.34. The minimum atomic E-state index is 0.385. The van der Waals surface area contributed by atoms with E-state index in [2.05, 4.69) is 42.5 Å². The van der Waals surface area contributed by atoms with E-state index < -0.39 is 0 Å². The molecule has 0 bridgehead atoms. The smallest absolute Gasteiger partial charge is 0.140 e. The molecule has 3 aliphatic carbocycles. The summed E-state index contributed by atoms with van der Waals surface area (Å²) in [5.41, 5.74) is 6.31. The molecule has 1 heterocycles. The van der Waals surface area contributed by atoms with Gasteiger partial charge in [0.15, 0.2) is 0 Å². The molecule has 0 saturated heterocycles. The molecule has 0 saturated carbocycles. The summed E-state index contributed by atoms with van der Waals surface area (Å²) in [6.45, 7) is 0. The topological polar surface area (TPSA) is 13.1 Å². The molecule has 18 heavy (non-hydrogen) atoms. The van der Waals surface area contributed by atoms with Crippen molar-refractivity contribution in [1.29, 1.82) is 0 Å². The summed E-state index contributed by atoms with van der Waals surface area (Å²) in [7, 11) is 0. The first-order valence-corrected chi connectivity index (χ1v) is 6.26. The molecule has 1 aromatic carbocycles. The van der Waals surface area contributed by atoms with Gasteiger partial charge in [-0.3, -0.25) is 0 Å². The van der Waals surface area contributed by atoms with Crippen LogP contribution in [-0.2, 0) is 0 Å². The first kappa shape index (κ1) is 8.76. The van der Waals surface area contributed by atoms with E-state index in [0.717, 1.165) is 11.3 Å². The summed E-state index contributed by atoms with van der Waals surface area (Å²) in [5.74, 6) is 1.45. The lowest BCUT2D eigenvalue weighted by Gasteiger charge is -2.19. The fourth-order valence-electron chi connectivity index (χ4n) is 3.04. The number of allylic oxidation sites excluding steroid dienone is 7. The number of benzene rings is 1. The standard InChI is InChI=1S/C17H10O/c1-2-4-15-12(3-1)13-8-7-10-5-6-11-9-14(11)16(10)17(13)18-15/h1-10H. The van der Waals surface area contributed by atoms with Crippen LogP contribution in [0.3, 0.4) is 0 Å². The summed E-state index contributed by atoms with van der Waals surface area (Å²) in [6, 6.07) is 8.27. The molecule has 0 radical (unpaired) electrons. The Balaban J connectivity index is 1.89. The molecule has 3 aliphatic rings. The predicted molar refractivity (Wildman–Crippen MR) is 72.9 cm³/mol. The lowest BCUT2D eigenvalue weighted by molar-refractivity contribution is 0.592. The molecular weight excluding hydrogens is 220 g/mol. The molecule has 1 atom stereocenters. The van der Waals surface area contributed by atoms with Crippen molar-refractivity contribution in [1.82, 2.24) is 0 Å². The second-order valence-electron chi connectivity index (χ2n) is 5.01. The first-order chi connectivity index (χ1) is 8.92. The third-order valence-electron chi connectivity index (χ3n) is 3.98. The molecule has 0 amide bonds. The van der Waals surface area contributed by atoms with E-state index in [1.807, 2.05) is 12.1 Å². The van der Waals surface area contributed by atoms with Gasteiger partial charge in [0.05, 0.1) is 0 Å². The van der Waals surface area contributed by atoms with Gasteiger partial charge in [-0.15, -0.1) is 0 Å². The van der Waals surface area contributed by atoms with Crippen LogP contribution in [0.4, 0.5) is 0 Å². The molecule has 1 unspecified atom stereocenters. The van der Waals surface area contributed by atoms with Gasteiger partial charge in [-0.25, -0.2) is 0 Å². The van der Waals surface area contributed by atoms with Gasteiger partial charge < -0.3 is 4.42 Å². The summed E-state index contributed by atoms with van der Waals surface area (Å²) in [4.78, 5) is 0. The molecule has 0 fully saturated rings. The fraction of sp³-hybridized carbons (Fsp3) is 0.0588. The maximum Gasteiger partial charge on any atom is 0.140 e. The van der Waals surface area contributed by atoms with Crippen LogP contribution in [0.1, 0.15) is 11.3 Å². The highest BCUT2D eigenvalue weighted by molar-refractivity contribution is 5.99. The Kier molecular flexibility index (Phi) is 1.34. The van der Waals surface area contributed by atoms with Gasteiger partial charge in [0, 0.05) is 22.4 Å². The molecule has 1 nitrogen and oxygen atoms in total. The summed E-state index contributed by atoms with van der Waals surface area (Å²) in [5, 5.41) is 1.21. The van der Waals surface area contributed by atoms with Crippen LogP contribution in [0.25, 0.3) is 22.6 Å². The van der Waals surface area contributed by atoms with Gasteiger partial charge >= 0.3 is 0 Å². The van der Waals surface area contributed by atoms with Crippen molar-refractivity contribution < 1.29 is 4.42 Å². The van der Waals surface area contributed by atoms with Crippen molar-refractivity contribution in [2.45, 2.75) is 0 Å². The van der Waals surface area contributed by atoms with Gasteiger partial charge in [-0.05, 0) is 23.3 Å². The third kappa shape index (κ3) is 0.935. The number of para-hydroxylation sites is 1. The van der Waals surface area contributed by atoms with Crippen LogP contribution < -0.4 is 0 Å². The molecule has 1 heteroatoms. The fourth-order valence-corrected chi connectivity index (χ4v) is 3.04. The van der Waals surface area contributed by atoms with Crippen LogP contribution in [0.5, 0.6) is 0 Å². The van der Waals surface area contributed by atoms with E-state index in [1.165, 1.54) is 27.7 Å². The van der Waals surface area contributed by atoms with E-state index in [9.17, 15) is 0 Å². The van der Waals surface area contributed by atoms with Gasteiger partial charge in [-0.2, -0.15) is 0 Å². The zero-order valence-electron chi connectivity index (χ0n) is 9.68. The molecule has 1 aromatic heterocycles. The van der Waals surface area contributed by atoms with Crippen LogP contribution in [0.2, 0.25) is 0 Å². The van der Waals surface area contributed by atoms with Crippen LogP contribution in [-0.4, -0.2) is 0 Å². The van der Waals surface area contributed by atoms with Crippen molar-refractivity contribution in [2.24, 2.45) is 5.92 Å². The Hall–Kier alpha value is -2.28. The Morgan fingerprint density at radius 3 is 2.89 bits per heavy atom. The zero-order chi connectivity index (χ0) is 11.7. The number of furan rings is 1. The van der Waals surface area contributed by atoms with Gasteiger partial charge in [0.1, 0.15) is 11.3 Å². The summed E-state index contributed by atoms with van der Waals surface area (Å²) in [6.07, 6.45) is 11.2. The first-order valence-electron chi connectivity index (χ1n) is 6.26. The highest BCUT2D eigenvalue weighted by atomic mass is 16.3. The maximum absolute atomic E-state index is 6.08. The van der Waals surface area contributed by atoms with Crippen molar-refractivity contribution in [3.8, 4) is 0 Å². The van der Waals surface area contributed by atoms with Gasteiger partial charge in [0.2, 0.25) is 0 Å². The Morgan fingerprint density at radius 2 is 1.89 bits per heavy atom. The van der Waals surface area contributed by atoms with E-state index in [0.29, 0.717) is 5.92 Å². The molecule has 0 aliphatic heterocycles. The maximum atomic E-state index is 6.08. The summed E-state index contributed by atoms with van der Waals surface area (Å²) < 4.78 is 6.08. The Labute approximate surface area is 104 Å². The van der Waals surface area contributed by atoms with E-state index in [1.54, 1.807) is 0 Å². The van der Waals surface area contributed by atoms with Crippen LogP contribution in [0.15, 0.2) is 64.1 Å². The minimum Gasteiger partial charge on any atom is -0.456 e. The van der Waals surface area contributed by atoms with Gasteiger partial charge in [0.25, 0.3) is 0 Å². The highest BCUT2D eigenvalue weighted by Crippen LogP contribution is 2.49. The SMILES string of the molecule is C1=CC2C=Cc3c(oc4ccccc34)C2=C2C=C12. The van der Waals surface area contributed by atoms with Crippen molar-refractivity contribution in [3.63, 3.8) is 0 Å². The zero-order valence-corrected chi connectivity index (χ0v) is 9.68. The van der Waals surface area contributed by atoms with Crippen LogP contribution in [0, 0.1) is 5.92 Å². The quantitative estimate of drug-likeness (QED) is 0.656. The molecule has 0 N–H and O–H groups in total. The van der Waals surface area contributed by atoms with Crippen LogP contribution >= 0.6 is 0 Å². The van der Waals surface area contributed by atoms with Crippen molar-refractivity contribution in [2.75, 3.05) is 0 Å². The number of fused-ring (bicyclic) bond motifs is 6. The second kappa shape index (κ2) is 2.75. The minimum absolute atomic E-state index is 0.385. The monoisotopic (exact) mass is 230 g/mol. The Bertz CT molecular complexity index is 824. The Morgan fingerprint density at radius 1 is 1.00 bits per heavy atom. The summed E-state index contributed by atoms with van der Waals surface area (Å²) >= 11 is 0. The lowest BCUT2D eigenvalue weighted by Crippen LogP contribution is -2.04. The lowest BCUT2D eigenvalue weighted by atomic mass is 9.84. The van der Waals surface area contributed by atoms with E-state index >= 15 is 0 Å². The molecule has 2 aromatic rings. The third-order valence-corrected chi connectivity index (χ3v) is 3.98. The molecule has 0 spiro atoms. The average molecular weight is 230 g/mol. The molecule has 5 rings (SSSR count). The second-order valence-corrected chi connectivity index (χ2v) is 5.01. The molecular formula is C17H10O. The van der Waals surface area contributed by atoms with Crippen molar-refractivity contribution >= 4 is 22.6 Å². The molecule has 84 valence electrons. The van der Waals surface area contributed by atoms with Gasteiger partial charge in [-0.1, -0.05) is 42.5 Å². The van der Waals surface area contributed by atoms with Crippen molar-refractivity contribution in [3.05, 3.63) is 71.0 Å².